The maximum Gasteiger partial charge on any atom is 0.225 e. The summed E-state index contributed by atoms with van der Waals surface area (Å²) in [6.07, 6.45) is 0.194. The van der Waals surface area contributed by atoms with Crippen LogP contribution in [0.2, 0.25) is 5.02 Å². The predicted octanol–water partition coefficient (Wildman–Crippen LogP) is 1.35. The number of likely N-dealkylation sites (tertiary alicyclic amines) is 1. The number of rotatable bonds is 4. The van der Waals surface area contributed by atoms with Gasteiger partial charge in [-0.1, -0.05) is 23.7 Å². The zero-order valence-corrected chi connectivity index (χ0v) is 10.2. The Bertz CT molecular complexity index is 405. The molecule has 0 radical (unpaired) electrons. The summed E-state index contributed by atoms with van der Waals surface area (Å²) in [5.41, 5.74) is 0.641. The van der Waals surface area contributed by atoms with Gasteiger partial charge in [-0.25, -0.2) is 0 Å². The minimum atomic E-state index is -0.221. The first-order valence-electron chi connectivity index (χ1n) is 5.60. The van der Waals surface area contributed by atoms with Crippen molar-refractivity contribution in [2.45, 2.75) is 12.5 Å². The van der Waals surface area contributed by atoms with Crippen LogP contribution in [0.1, 0.15) is 6.42 Å². The Kier molecular flexibility index (Phi) is 3.99. The summed E-state index contributed by atoms with van der Waals surface area (Å²) in [5.74, 6) is -0.0560. The summed E-state index contributed by atoms with van der Waals surface area (Å²) in [7, 11) is 0. The van der Waals surface area contributed by atoms with Crippen molar-refractivity contribution < 1.29 is 9.90 Å². The van der Waals surface area contributed by atoms with Crippen LogP contribution in [-0.2, 0) is 4.79 Å². The van der Waals surface area contributed by atoms with Gasteiger partial charge in [-0.2, -0.15) is 0 Å². The highest BCUT2D eigenvalue weighted by atomic mass is 35.5. The van der Waals surface area contributed by atoms with Gasteiger partial charge in [0.15, 0.2) is 0 Å². The third-order valence-corrected chi connectivity index (χ3v) is 3.07. The van der Waals surface area contributed by atoms with Crippen LogP contribution >= 0.6 is 11.6 Å². The Hall–Kier alpha value is -1.10. The highest BCUT2D eigenvalue weighted by Crippen LogP contribution is 2.20. The number of aliphatic hydroxyl groups is 1. The summed E-state index contributed by atoms with van der Waals surface area (Å²) < 4.78 is 0. The van der Waals surface area contributed by atoms with E-state index in [4.69, 9.17) is 16.7 Å². The van der Waals surface area contributed by atoms with Crippen LogP contribution < -0.4 is 5.32 Å². The van der Waals surface area contributed by atoms with Crippen LogP contribution in [0.25, 0.3) is 0 Å². The number of hydrogen-bond donors (Lipinski definition) is 2. The number of β-amino-alcohol motifs (C(OH)–C–C–N with tert-alkyl or cyclic N) is 1. The zero-order valence-electron chi connectivity index (χ0n) is 9.40. The molecule has 1 aromatic rings. The summed E-state index contributed by atoms with van der Waals surface area (Å²) in [4.78, 5) is 13.7. The number of aliphatic hydroxyl groups excluding tert-OH is 1. The van der Waals surface area contributed by atoms with E-state index in [1.807, 2.05) is 17.0 Å². The molecule has 2 rings (SSSR count). The van der Waals surface area contributed by atoms with Gasteiger partial charge in [-0.05, 0) is 12.1 Å². The lowest BCUT2D eigenvalue weighted by Gasteiger charge is -2.35. The molecule has 1 amide bonds. The third kappa shape index (κ3) is 3.43. The number of amides is 1. The smallest absolute Gasteiger partial charge is 0.225 e. The molecule has 1 saturated heterocycles. The van der Waals surface area contributed by atoms with Crippen molar-refractivity contribution in [1.82, 2.24) is 4.90 Å². The Morgan fingerprint density at radius 2 is 2.18 bits per heavy atom. The standard InChI is InChI=1S/C12H15ClN2O2/c13-10-3-1-2-4-11(10)14-12(17)5-6-15-7-9(16)8-15/h1-4,9,16H,5-8H2,(H,14,17). The van der Waals surface area contributed by atoms with E-state index in [9.17, 15) is 4.79 Å². The average Bonchev–Trinajstić information content (AvgIpc) is 2.26. The van der Waals surface area contributed by atoms with Crippen molar-refractivity contribution in [2.24, 2.45) is 0 Å². The van der Waals surface area contributed by atoms with Gasteiger partial charge < -0.3 is 10.4 Å². The van der Waals surface area contributed by atoms with Crippen molar-refractivity contribution in [1.29, 1.82) is 0 Å². The number of carbonyl (C=O) groups excluding carboxylic acids is 1. The van der Waals surface area contributed by atoms with E-state index in [1.165, 1.54) is 0 Å². The molecular weight excluding hydrogens is 240 g/mol. The SMILES string of the molecule is O=C(CCN1CC(O)C1)Nc1ccccc1Cl. The highest BCUT2D eigenvalue weighted by Gasteiger charge is 2.24. The highest BCUT2D eigenvalue weighted by molar-refractivity contribution is 6.33. The minimum absolute atomic E-state index is 0.0560. The van der Waals surface area contributed by atoms with Crippen molar-refractivity contribution in [3.8, 4) is 0 Å². The lowest BCUT2D eigenvalue weighted by molar-refractivity contribution is -0.117. The number of nitrogens with one attached hydrogen (secondary N) is 1. The van der Waals surface area contributed by atoms with E-state index in [0.29, 0.717) is 36.8 Å². The van der Waals surface area contributed by atoms with E-state index >= 15 is 0 Å². The molecule has 4 nitrogen and oxygen atoms in total. The molecule has 0 aromatic heterocycles. The van der Waals surface area contributed by atoms with Crippen molar-refractivity contribution in [3.63, 3.8) is 0 Å². The molecule has 5 heteroatoms. The molecule has 0 saturated carbocycles. The summed E-state index contributed by atoms with van der Waals surface area (Å²) in [6, 6.07) is 7.16. The Labute approximate surface area is 105 Å². The summed E-state index contributed by atoms with van der Waals surface area (Å²) >= 11 is 5.93. The number of hydrogen-bond acceptors (Lipinski definition) is 3. The van der Waals surface area contributed by atoms with Gasteiger partial charge in [0.25, 0.3) is 0 Å². The monoisotopic (exact) mass is 254 g/mol. The number of anilines is 1. The molecule has 0 bridgehead atoms. The topological polar surface area (TPSA) is 52.6 Å². The maximum absolute atomic E-state index is 11.6. The average molecular weight is 255 g/mol. The summed E-state index contributed by atoms with van der Waals surface area (Å²) in [5, 5.41) is 12.4. The Balaban J connectivity index is 1.76. The van der Waals surface area contributed by atoms with E-state index in [-0.39, 0.29) is 12.0 Å². The lowest BCUT2D eigenvalue weighted by atomic mass is 10.1. The van der Waals surface area contributed by atoms with Crippen LogP contribution in [0, 0.1) is 0 Å². The number of nitrogens with zero attached hydrogens (tertiary/aromatic N) is 1. The van der Waals surface area contributed by atoms with Gasteiger partial charge in [0, 0.05) is 26.1 Å². The Morgan fingerprint density at radius 3 is 2.82 bits per heavy atom. The molecule has 1 aliphatic heterocycles. The van der Waals surface area contributed by atoms with Gasteiger partial charge >= 0.3 is 0 Å². The second-order valence-corrected chi connectivity index (χ2v) is 4.60. The minimum Gasteiger partial charge on any atom is -0.390 e. The first-order chi connectivity index (χ1) is 8.15. The van der Waals surface area contributed by atoms with Gasteiger partial charge in [0.1, 0.15) is 0 Å². The number of halogens is 1. The molecule has 92 valence electrons. The molecular formula is C12H15ClN2O2. The molecule has 1 aliphatic rings. The first-order valence-corrected chi connectivity index (χ1v) is 5.98. The summed E-state index contributed by atoms with van der Waals surface area (Å²) in [6.45, 7) is 2.01. The molecule has 0 spiro atoms. The fourth-order valence-corrected chi connectivity index (χ4v) is 1.94. The van der Waals surface area contributed by atoms with Gasteiger partial charge in [-0.15, -0.1) is 0 Å². The molecule has 1 aromatic carbocycles. The van der Waals surface area contributed by atoms with E-state index < -0.39 is 0 Å². The van der Waals surface area contributed by atoms with Gasteiger partial charge in [0.2, 0.25) is 5.91 Å². The van der Waals surface area contributed by atoms with Crippen molar-refractivity contribution >= 4 is 23.2 Å². The van der Waals surface area contributed by atoms with E-state index in [0.717, 1.165) is 0 Å². The van der Waals surface area contributed by atoms with E-state index in [1.54, 1.807) is 12.1 Å². The predicted molar refractivity (Wildman–Crippen MR) is 67.1 cm³/mol. The number of para-hydroxylation sites is 1. The second-order valence-electron chi connectivity index (χ2n) is 4.19. The maximum atomic E-state index is 11.6. The van der Waals surface area contributed by atoms with Crippen LogP contribution in [0.4, 0.5) is 5.69 Å². The molecule has 17 heavy (non-hydrogen) atoms. The fourth-order valence-electron chi connectivity index (χ4n) is 1.76. The largest absolute Gasteiger partial charge is 0.390 e. The lowest BCUT2D eigenvalue weighted by Crippen LogP contribution is -2.51. The number of benzene rings is 1. The van der Waals surface area contributed by atoms with Crippen LogP contribution in [0.3, 0.4) is 0 Å². The quantitative estimate of drug-likeness (QED) is 0.853. The molecule has 0 aliphatic carbocycles. The van der Waals surface area contributed by atoms with Crippen LogP contribution in [0.15, 0.2) is 24.3 Å². The van der Waals surface area contributed by atoms with Crippen molar-refractivity contribution in [3.05, 3.63) is 29.3 Å². The normalized spacial score (nSPS) is 16.6. The van der Waals surface area contributed by atoms with Crippen LogP contribution in [0.5, 0.6) is 0 Å². The Morgan fingerprint density at radius 1 is 1.47 bits per heavy atom. The van der Waals surface area contributed by atoms with E-state index in [2.05, 4.69) is 5.32 Å². The van der Waals surface area contributed by atoms with Gasteiger partial charge in [-0.3, -0.25) is 9.69 Å². The zero-order chi connectivity index (χ0) is 12.3. The molecule has 0 unspecified atom stereocenters. The fraction of sp³-hybridized carbons (Fsp3) is 0.417. The first kappa shape index (κ1) is 12.4. The van der Waals surface area contributed by atoms with Crippen molar-refractivity contribution in [2.75, 3.05) is 25.0 Å². The number of carbonyl (C=O) groups is 1. The van der Waals surface area contributed by atoms with Gasteiger partial charge in [0.05, 0.1) is 16.8 Å². The van der Waals surface area contributed by atoms with Crippen LogP contribution in [-0.4, -0.2) is 41.7 Å². The molecule has 0 atom stereocenters. The molecule has 1 fully saturated rings. The molecule has 1 heterocycles. The third-order valence-electron chi connectivity index (χ3n) is 2.74. The molecule has 2 N–H and O–H groups in total. The second kappa shape index (κ2) is 5.49.